The Morgan fingerprint density at radius 3 is 2.35 bits per heavy atom. The fraction of sp³-hybridized carbons (Fsp3) is 0.273. The van der Waals surface area contributed by atoms with Crippen molar-refractivity contribution in [3.63, 3.8) is 0 Å². The minimum atomic E-state index is -0.824. The zero-order valence-corrected chi connectivity index (χ0v) is 20.5. The molecule has 0 fully saturated rings. The normalized spacial score (nSPS) is 19.9. The summed E-state index contributed by atoms with van der Waals surface area (Å²) in [5.41, 5.74) is 9.49. The first-order chi connectivity index (χ1) is 11.6. The van der Waals surface area contributed by atoms with Crippen molar-refractivity contribution in [1.82, 2.24) is 0 Å². The maximum Gasteiger partial charge on any atom is -1.00 e. The van der Waals surface area contributed by atoms with Crippen LogP contribution in [0.3, 0.4) is 0 Å². The summed E-state index contributed by atoms with van der Waals surface area (Å²) in [5.74, 6) is 0.481. The Kier molecular flexibility index (Phi) is 7.36. The third kappa shape index (κ3) is 3.39. The van der Waals surface area contributed by atoms with Crippen LogP contribution in [0.5, 0.6) is 0 Å². The van der Waals surface area contributed by atoms with Crippen LogP contribution in [0.2, 0.25) is 13.1 Å². The molecule has 0 amide bonds. The number of allylic oxidation sites excluding steroid dienone is 3. The fourth-order valence-corrected chi connectivity index (χ4v) is 7.29. The third-order valence-corrected chi connectivity index (χ3v) is 8.77. The van der Waals surface area contributed by atoms with E-state index in [2.05, 4.69) is 74.6 Å². The van der Waals surface area contributed by atoms with Crippen molar-refractivity contribution in [3.05, 3.63) is 76.4 Å². The molecular weight excluding hydrogens is 454 g/mol. The van der Waals surface area contributed by atoms with Crippen LogP contribution in [0.25, 0.3) is 11.6 Å². The van der Waals surface area contributed by atoms with E-state index < -0.39 is 8.80 Å². The molecule has 0 aliphatic heterocycles. The number of rotatable bonds is 3. The monoisotopic (exact) mass is 475 g/mol. The van der Waals surface area contributed by atoms with E-state index >= 15 is 0 Å². The number of halogens is 2. The predicted octanol–water partition coefficient (Wildman–Crippen LogP) is -1.04. The second-order valence-corrected chi connectivity index (χ2v) is 11.5. The molecule has 133 valence electrons. The molecule has 0 nitrogen and oxygen atoms in total. The van der Waals surface area contributed by atoms with Crippen LogP contribution in [-0.2, 0) is 24.7 Å². The van der Waals surface area contributed by atoms with Gasteiger partial charge in [0.15, 0.2) is 0 Å². The minimum Gasteiger partial charge on any atom is -1.00 e. The average molecular weight is 478 g/mol. The zero-order valence-electron chi connectivity index (χ0n) is 15.4. The zero-order chi connectivity index (χ0) is 16.8. The molecule has 2 aliphatic rings. The summed E-state index contributed by atoms with van der Waals surface area (Å²) in [6.07, 6.45) is 5.91. The van der Waals surface area contributed by atoms with Gasteiger partial charge in [0.2, 0.25) is 0 Å². The van der Waals surface area contributed by atoms with Crippen molar-refractivity contribution in [2.45, 2.75) is 36.0 Å². The molecule has 0 aromatic heterocycles. The molecule has 0 radical (unpaired) electrons. The molecule has 2 aromatic rings. The molecule has 26 heavy (non-hydrogen) atoms. The summed E-state index contributed by atoms with van der Waals surface area (Å²) < 4.78 is 0.621. The van der Waals surface area contributed by atoms with Crippen LogP contribution in [0.15, 0.2) is 54.1 Å². The minimum absolute atomic E-state index is 0. The van der Waals surface area contributed by atoms with E-state index in [-0.39, 0.29) is 24.8 Å². The number of benzene rings is 2. The van der Waals surface area contributed by atoms with E-state index in [4.69, 9.17) is 0 Å². The van der Waals surface area contributed by atoms with Crippen molar-refractivity contribution >= 4 is 25.6 Å². The first kappa shape index (κ1) is 21.9. The molecule has 0 saturated carbocycles. The van der Waals surface area contributed by atoms with Gasteiger partial charge >= 0.3 is 163 Å². The van der Waals surface area contributed by atoms with Crippen LogP contribution in [0.1, 0.15) is 45.1 Å². The van der Waals surface area contributed by atoms with E-state index in [1.54, 1.807) is 52.2 Å². The van der Waals surface area contributed by atoms with Gasteiger partial charge in [0, 0.05) is 0 Å². The second kappa shape index (κ2) is 8.74. The molecule has 2 aliphatic carbocycles. The average Bonchev–Trinajstić information content (AvgIpc) is 3.13. The van der Waals surface area contributed by atoms with Gasteiger partial charge in [-0.25, -0.2) is 0 Å². The van der Waals surface area contributed by atoms with Gasteiger partial charge in [-0.1, -0.05) is 0 Å². The summed E-state index contributed by atoms with van der Waals surface area (Å²) in [5, 5.41) is 1.67. The molecule has 0 bridgehead atoms. The van der Waals surface area contributed by atoms with Gasteiger partial charge in [-0.15, -0.1) is 0 Å². The first-order valence-corrected chi connectivity index (χ1v) is 13.3. The van der Waals surface area contributed by atoms with E-state index in [0.717, 1.165) is 6.42 Å². The first-order valence-electron chi connectivity index (χ1n) is 8.97. The smallest absolute Gasteiger partial charge is 1.00 e. The van der Waals surface area contributed by atoms with Crippen molar-refractivity contribution in [2.24, 2.45) is 0 Å². The van der Waals surface area contributed by atoms with Crippen molar-refractivity contribution in [3.8, 4) is 0 Å². The SMILES string of the molecule is CCC1=C(C2C=Cc3ccccc32)[CH]([Zr+2])c2cccc([SiH](C)C)c21.[Cl-].[Cl-]. The molecule has 0 N–H and O–H groups in total. The van der Waals surface area contributed by atoms with Gasteiger partial charge in [0.25, 0.3) is 0 Å². The Morgan fingerprint density at radius 1 is 0.962 bits per heavy atom. The largest absolute Gasteiger partial charge is 1.00 e. The van der Waals surface area contributed by atoms with Gasteiger partial charge in [0.1, 0.15) is 0 Å². The van der Waals surface area contributed by atoms with Crippen LogP contribution < -0.4 is 30.0 Å². The molecule has 0 heterocycles. The summed E-state index contributed by atoms with van der Waals surface area (Å²) in [6, 6.07) is 16.0. The van der Waals surface area contributed by atoms with E-state index in [1.807, 2.05) is 0 Å². The molecule has 4 rings (SSSR count). The Morgan fingerprint density at radius 2 is 1.65 bits per heavy atom. The van der Waals surface area contributed by atoms with E-state index in [9.17, 15) is 0 Å². The summed E-state index contributed by atoms with van der Waals surface area (Å²) >= 11 is 1.63. The molecular formula is C22H23Cl2SiZr. The van der Waals surface area contributed by atoms with Crippen LogP contribution >= 0.6 is 0 Å². The summed E-state index contributed by atoms with van der Waals surface area (Å²) in [4.78, 5) is 0. The maximum absolute atomic E-state index is 2.46. The van der Waals surface area contributed by atoms with Gasteiger partial charge in [0.05, 0.1) is 0 Å². The summed E-state index contributed by atoms with van der Waals surface area (Å²) in [7, 11) is -0.824. The van der Waals surface area contributed by atoms with Crippen molar-refractivity contribution in [2.75, 3.05) is 0 Å². The predicted molar refractivity (Wildman–Crippen MR) is 103 cm³/mol. The third-order valence-electron chi connectivity index (χ3n) is 5.51. The standard InChI is InChI=1S/C22H23Si.2ClH.Zr/c1-4-17-20(19-13-12-15-8-5-6-10-18(15)19)14-16-9-7-11-21(22(16)17)23(2)3;;;/h5-14,19,23H,4H2,1-3H3;2*1H;/q;;;+2/p-2. The van der Waals surface area contributed by atoms with Crippen molar-refractivity contribution in [1.29, 1.82) is 0 Å². The van der Waals surface area contributed by atoms with Crippen LogP contribution in [-0.4, -0.2) is 8.80 Å². The molecule has 2 unspecified atom stereocenters. The van der Waals surface area contributed by atoms with Gasteiger partial charge in [-0.05, 0) is 0 Å². The van der Waals surface area contributed by atoms with E-state index in [1.165, 1.54) is 11.1 Å². The number of hydrogen-bond acceptors (Lipinski definition) is 0. The van der Waals surface area contributed by atoms with E-state index in [0.29, 0.717) is 9.54 Å². The molecule has 2 atom stereocenters. The van der Waals surface area contributed by atoms with Gasteiger partial charge in [-0.2, -0.15) is 0 Å². The molecule has 4 heteroatoms. The Hall–Kier alpha value is -0.400. The molecule has 0 saturated heterocycles. The Labute approximate surface area is 186 Å². The quantitative estimate of drug-likeness (QED) is 0.496. The van der Waals surface area contributed by atoms with Gasteiger partial charge in [-0.3, -0.25) is 0 Å². The summed E-state index contributed by atoms with van der Waals surface area (Å²) in [6.45, 7) is 7.27. The topological polar surface area (TPSA) is 0 Å². The Balaban J connectivity index is 0.00000121. The van der Waals surface area contributed by atoms with Crippen molar-refractivity contribution < 1.29 is 49.5 Å². The van der Waals surface area contributed by atoms with Crippen LogP contribution in [0, 0.1) is 0 Å². The number of hydrogen-bond donors (Lipinski definition) is 0. The molecule has 2 aromatic carbocycles. The number of fused-ring (bicyclic) bond motifs is 2. The molecule has 0 spiro atoms. The fourth-order valence-electron chi connectivity index (χ4n) is 4.41. The maximum atomic E-state index is 2.46. The Bertz CT molecular complexity index is 870. The van der Waals surface area contributed by atoms with Crippen LogP contribution in [0.4, 0.5) is 0 Å². The van der Waals surface area contributed by atoms with Gasteiger partial charge < -0.3 is 24.8 Å². The second-order valence-electron chi connectivity index (χ2n) is 7.15.